The molecule has 156 valence electrons. The minimum Gasteiger partial charge on any atom is -0.399 e. The number of benzene rings is 2. The van der Waals surface area contributed by atoms with Crippen molar-refractivity contribution in [2.24, 2.45) is 7.05 Å². The number of allylic oxidation sites excluding steroid dienone is 5. The molecular formula is C26H25N3O2. The molecule has 5 nitrogen and oxygen atoms in total. The molecule has 0 spiro atoms. The highest BCUT2D eigenvalue weighted by atomic mass is 16.1. The summed E-state index contributed by atoms with van der Waals surface area (Å²) in [6.07, 6.45) is 3.39. The lowest BCUT2D eigenvalue weighted by Gasteiger charge is -2.18. The van der Waals surface area contributed by atoms with Gasteiger partial charge in [0.15, 0.2) is 5.78 Å². The number of carbonyl (C=O) groups is 1. The molecule has 0 atom stereocenters. The smallest absolute Gasteiger partial charge is 0.279 e. The van der Waals surface area contributed by atoms with Gasteiger partial charge in [0.25, 0.3) is 5.56 Å². The number of ketones is 1. The zero-order valence-corrected chi connectivity index (χ0v) is 18.1. The van der Waals surface area contributed by atoms with Crippen LogP contribution in [0.25, 0.3) is 11.3 Å². The molecule has 2 N–H and O–H groups in total. The number of hydrogen-bond donors (Lipinski definition) is 1. The maximum Gasteiger partial charge on any atom is 0.279 e. The highest BCUT2D eigenvalue weighted by molar-refractivity contribution is 6.16. The van der Waals surface area contributed by atoms with Gasteiger partial charge < -0.3 is 5.73 Å². The first kappa shape index (κ1) is 20.4. The molecule has 0 fully saturated rings. The Labute approximate surface area is 181 Å². The van der Waals surface area contributed by atoms with Gasteiger partial charge >= 0.3 is 0 Å². The summed E-state index contributed by atoms with van der Waals surface area (Å²) in [7, 11) is 1.86. The molecule has 0 bridgehead atoms. The molecule has 1 aliphatic rings. The summed E-state index contributed by atoms with van der Waals surface area (Å²) in [5.74, 6) is -0.108. The molecule has 2 aromatic carbocycles. The van der Waals surface area contributed by atoms with E-state index in [1.165, 1.54) is 0 Å². The molecule has 0 saturated heterocycles. The lowest BCUT2D eigenvalue weighted by atomic mass is 9.84. The number of nitrogens with two attached hydrogens (primary N) is 1. The number of nitrogen functional groups attached to an aromatic ring is 1. The number of rotatable bonds is 3. The van der Waals surface area contributed by atoms with E-state index in [9.17, 15) is 9.59 Å². The Kier molecular flexibility index (Phi) is 5.11. The number of nitrogens with zero attached hydrogens (tertiary/aromatic N) is 2. The predicted octanol–water partition coefficient (Wildman–Crippen LogP) is 4.34. The van der Waals surface area contributed by atoms with Crippen molar-refractivity contribution in [1.82, 2.24) is 9.36 Å². The van der Waals surface area contributed by atoms with Gasteiger partial charge in [-0.25, -0.2) is 4.68 Å². The number of anilines is 1. The van der Waals surface area contributed by atoms with Crippen LogP contribution < -0.4 is 11.3 Å². The fourth-order valence-electron chi connectivity index (χ4n) is 4.02. The molecule has 0 amide bonds. The molecule has 31 heavy (non-hydrogen) atoms. The van der Waals surface area contributed by atoms with E-state index < -0.39 is 0 Å². The van der Waals surface area contributed by atoms with Crippen molar-refractivity contribution in [3.63, 3.8) is 0 Å². The highest BCUT2D eigenvalue weighted by Gasteiger charge is 2.27. The SMILES string of the molecule is CC1=C(C)C(=C(c2ccc(N)cc2)c2c(C)n(C)n(-c3ccccc3)c2=O)C(=O)C=C1. The lowest BCUT2D eigenvalue weighted by molar-refractivity contribution is -0.111. The number of carbonyl (C=O) groups excluding carboxylic acids is 1. The van der Waals surface area contributed by atoms with Crippen LogP contribution in [-0.2, 0) is 11.8 Å². The van der Waals surface area contributed by atoms with Crippen molar-refractivity contribution in [3.8, 4) is 5.69 Å². The van der Waals surface area contributed by atoms with E-state index in [-0.39, 0.29) is 11.3 Å². The first-order valence-electron chi connectivity index (χ1n) is 10.2. The van der Waals surface area contributed by atoms with Crippen LogP contribution in [0.4, 0.5) is 5.69 Å². The molecule has 1 aromatic heterocycles. The van der Waals surface area contributed by atoms with Gasteiger partial charge in [-0.2, -0.15) is 0 Å². The summed E-state index contributed by atoms with van der Waals surface area (Å²) in [6.45, 7) is 5.80. The van der Waals surface area contributed by atoms with Crippen LogP contribution in [0.2, 0.25) is 0 Å². The second-order valence-corrected chi connectivity index (χ2v) is 7.81. The molecule has 4 rings (SSSR count). The Morgan fingerprint density at radius 3 is 2.16 bits per heavy atom. The van der Waals surface area contributed by atoms with E-state index in [4.69, 9.17) is 5.73 Å². The first-order chi connectivity index (χ1) is 14.8. The molecule has 1 aliphatic carbocycles. The largest absolute Gasteiger partial charge is 0.399 e. The van der Waals surface area contributed by atoms with Crippen LogP contribution >= 0.6 is 0 Å². The van der Waals surface area contributed by atoms with E-state index in [0.717, 1.165) is 28.1 Å². The fraction of sp³-hybridized carbons (Fsp3) is 0.154. The summed E-state index contributed by atoms with van der Waals surface area (Å²) in [4.78, 5) is 26.8. The van der Waals surface area contributed by atoms with Gasteiger partial charge in [-0.15, -0.1) is 0 Å². The summed E-state index contributed by atoms with van der Waals surface area (Å²) < 4.78 is 3.47. The zero-order chi connectivity index (χ0) is 22.3. The summed E-state index contributed by atoms with van der Waals surface area (Å²) in [5.41, 5.74) is 12.3. The van der Waals surface area contributed by atoms with Gasteiger partial charge in [0.2, 0.25) is 0 Å². The maximum absolute atomic E-state index is 13.8. The monoisotopic (exact) mass is 411 g/mol. The Morgan fingerprint density at radius 2 is 1.52 bits per heavy atom. The predicted molar refractivity (Wildman–Crippen MR) is 125 cm³/mol. The van der Waals surface area contributed by atoms with E-state index in [1.807, 2.05) is 81.0 Å². The molecular weight excluding hydrogens is 386 g/mol. The van der Waals surface area contributed by atoms with Gasteiger partial charge in [-0.05, 0) is 67.8 Å². The van der Waals surface area contributed by atoms with Crippen LogP contribution in [-0.4, -0.2) is 15.1 Å². The summed E-state index contributed by atoms with van der Waals surface area (Å²) >= 11 is 0. The summed E-state index contributed by atoms with van der Waals surface area (Å²) in [5, 5.41) is 0. The fourth-order valence-corrected chi connectivity index (χ4v) is 4.02. The van der Waals surface area contributed by atoms with Crippen LogP contribution in [0.5, 0.6) is 0 Å². The van der Waals surface area contributed by atoms with Crippen molar-refractivity contribution < 1.29 is 4.79 Å². The second kappa shape index (κ2) is 7.76. The second-order valence-electron chi connectivity index (χ2n) is 7.81. The highest BCUT2D eigenvalue weighted by Crippen LogP contribution is 2.35. The van der Waals surface area contributed by atoms with Gasteiger partial charge in [0.1, 0.15) is 0 Å². The van der Waals surface area contributed by atoms with Gasteiger partial charge in [0.05, 0.1) is 11.3 Å². The van der Waals surface area contributed by atoms with Crippen molar-refractivity contribution in [1.29, 1.82) is 0 Å². The number of aromatic nitrogens is 2. The standard InChI is InChI=1S/C26H25N3O2/c1-16-10-15-22(30)23(17(16)2)25(19-11-13-20(27)14-12-19)24-18(3)28(4)29(26(24)31)21-8-6-5-7-9-21/h5-15H,27H2,1-4H3. The van der Waals surface area contributed by atoms with E-state index >= 15 is 0 Å². The van der Waals surface area contributed by atoms with Crippen LogP contribution in [0.1, 0.15) is 30.7 Å². The molecule has 5 heteroatoms. The lowest BCUT2D eigenvalue weighted by Crippen LogP contribution is -2.21. The van der Waals surface area contributed by atoms with Crippen molar-refractivity contribution in [3.05, 3.63) is 111 Å². The zero-order valence-electron chi connectivity index (χ0n) is 18.1. The van der Waals surface area contributed by atoms with Crippen molar-refractivity contribution >= 4 is 17.0 Å². The van der Waals surface area contributed by atoms with Gasteiger partial charge in [-0.3, -0.25) is 14.3 Å². The Bertz CT molecular complexity index is 1330. The van der Waals surface area contributed by atoms with Crippen LogP contribution in [0.3, 0.4) is 0 Å². The molecule has 0 unspecified atom stereocenters. The average molecular weight is 412 g/mol. The maximum atomic E-state index is 13.8. The molecule has 0 saturated carbocycles. The quantitative estimate of drug-likeness (QED) is 0.515. The average Bonchev–Trinajstić information content (AvgIpc) is 2.98. The first-order valence-corrected chi connectivity index (χ1v) is 10.2. The normalized spacial score (nSPS) is 15.5. The minimum absolute atomic E-state index is 0.108. The van der Waals surface area contributed by atoms with E-state index in [1.54, 1.807) is 22.9 Å². The Morgan fingerprint density at radius 1 is 0.871 bits per heavy atom. The molecule has 0 aliphatic heterocycles. The summed E-state index contributed by atoms with van der Waals surface area (Å²) in [6, 6.07) is 16.8. The third-order valence-electron chi connectivity index (χ3n) is 5.95. The van der Waals surface area contributed by atoms with Crippen molar-refractivity contribution in [2.45, 2.75) is 20.8 Å². The molecule has 3 aromatic rings. The third kappa shape index (κ3) is 3.38. The van der Waals surface area contributed by atoms with E-state index in [2.05, 4.69) is 0 Å². The van der Waals surface area contributed by atoms with Crippen LogP contribution in [0.15, 0.2) is 88.3 Å². The van der Waals surface area contributed by atoms with Gasteiger partial charge in [0, 0.05) is 29.6 Å². The van der Waals surface area contributed by atoms with Crippen molar-refractivity contribution in [2.75, 3.05) is 5.73 Å². The minimum atomic E-state index is -0.168. The third-order valence-corrected chi connectivity index (χ3v) is 5.95. The van der Waals surface area contributed by atoms with Crippen LogP contribution in [0, 0.1) is 6.92 Å². The Balaban J connectivity index is 2.12. The van der Waals surface area contributed by atoms with E-state index in [0.29, 0.717) is 22.4 Å². The van der Waals surface area contributed by atoms with Gasteiger partial charge in [-0.1, -0.05) is 36.4 Å². The Hall–Kier alpha value is -3.86. The number of hydrogen-bond acceptors (Lipinski definition) is 3. The molecule has 1 heterocycles. The molecule has 0 radical (unpaired) electrons. The number of para-hydroxylation sites is 1. The topological polar surface area (TPSA) is 70.0 Å².